The Morgan fingerprint density at radius 1 is 1.24 bits per heavy atom. The van der Waals surface area contributed by atoms with Crippen LogP contribution in [0.5, 0.6) is 0 Å². The van der Waals surface area contributed by atoms with Crippen molar-refractivity contribution < 1.29 is 9.59 Å². The smallest absolute Gasteiger partial charge is 0.315 e. The molecule has 1 aliphatic rings. The molecule has 0 radical (unpaired) electrons. The van der Waals surface area contributed by atoms with Crippen molar-refractivity contribution in [3.05, 3.63) is 16.1 Å². The molecule has 21 heavy (non-hydrogen) atoms. The summed E-state index contributed by atoms with van der Waals surface area (Å²) in [7, 11) is 0. The van der Waals surface area contributed by atoms with Crippen LogP contribution in [0.1, 0.15) is 50.1 Å². The third kappa shape index (κ3) is 2.29. The molecule has 0 saturated heterocycles. The molecule has 1 heterocycles. The zero-order valence-electron chi connectivity index (χ0n) is 13.0. The van der Waals surface area contributed by atoms with Gasteiger partial charge in [0.15, 0.2) is 0 Å². The molecular formula is C14H22N4O2S. The Morgan fingerprint density at radius 2 is 1.81 bits per heavy atom. The van der Waals surface area contributed by atoms with E-state index in [-0.39, 0.29) is 34.6 Å². The van der Waals surface area contributed by atoms with Gasteiger partial charge in [-0.05, 0) is 17.8 Å². The van der Waals surface area contributed by atoms with Gasteiger partial charge in [-0.15, -0.1) is 11.3 Å². The topological polar surface area (TPSA) is 97.1 Å². The second-order valence-corrected chi connectivity index (χ2v) is 7.62. The van der Waals surface area contributed by atoms with Gasteiger partial charge in [0.2, 0.25) is 0 Å². The molecule has 2 rings (SSSR count). The molecule has 1 aromatic rings. The number of carbonyl (C=O) groups is 2. The van der Waals surface area contributed by atoms with Gasteiger partial charge in [-0.2, -0.15) is 0 Å². The van der Waals surface area contributed by atoms with Gasteiger partial charge >= 0.3 is 6.03 Å². The number of aromatic nitrogens is 1. The average Bonchev–Trinajstić information content (AvgIpc) is 2.79. The third-order valence-corrected chi connectivity index (χ3v) is 6.42. The quantitative estimate of drug-likeness (QED) is 0.792. The molecule has 0 aliphatic heterocycles. The summed E-state index contributed by atoms with van der Waals surface area (Å²) in [6.45, 7) is 10.9. The van der Waals surface area contributed by atoms with Gasteiger partial charge in [-0.25, -0.2) is 9.78 Å². The first-order valence-electron chi connectivity index (χ1n) is 6.83. The van der Waals surface area contributed by atoms with Gasteiger partial charge in [-0.3, -0.25) is 4.79 Å². The molecular weight excluding hydrogens is 288 g/mol. The second-order valence-electron chi connectivity index (χ2n) is 6.67. The van der Waals surface area contributed by atoms with Gasteiger partial charge in [0.25, 0.3) is 5.91 Å². The highest BCUT2D eigenvalue weighted by Crippen LogP contribution is 2.70. The molecule has 0 aromatic carbocycles. The summed E-state index contributed by atoms with van der Waals surface area (Å²) in [5, 5.41) is 8.06. The molecule has 1 saturated carbocycles. The van der Waals surface area contributed by atoms with Gasteiger partial charge in [0.1, 0.15) is 10.7 Å². The highest BCUT2D eigenvalue weighted by atomic mass is 32.1. The number of nitrogens with zero attached hydrogens (tertiary/aromatic N) is 1. The van der Waals surface area contributed by atoms with Gasteiger partial charge in [0.05, 0.1) is 12.1 Å². The number of primary amides is 1. The monoisotopic (exact) mass is 310 g/mol. The van der Waals surface area contributed by atoms with Crippen LogP contribution < -0.4 is 16.4 Å². The first kappa shape index (κ1) is 15.8. The lowest BCUT2D eigenvalue weighted by atomic mass is 10.0. The lowest BCUT2D eigenvalue weighted by molar-refractivity contribution is 0.0996. The highest BCUT2D eigenvalue weighted by Gasteiger charge is 2.75. The summed E-state index contributed by atoms with van der Waals surface area (Å²) < 4.78 is 0. The summed E-state index contributed by atoms with van der Waals surface area (Å²) in [5.41, 5.74) is 5.20. The molecule has 0 bridgehead atoms. The summed E-state index contributed by atoms with van der Waals surface area (Å²) >= 11 is 1.30. The van der Waals surface area contributed by atoms with E-state index in [0.29, 0.717) is 5.01 Å². The lowest BCUT2D eigenvalue weighted by Crippen LogP contribution is -2.45. The van der Waals surface area contributed by atoms with Crippen molar-refractivity contribution in [1.29, 1.82) is 0 Å². The second kappa shape index (κ2) is 4.69. The van der Waals surface area contributed by atoms with Crippen molar-refractivity contribution in [2.75, 3.05) is 0 Å². The van der Waals surface area contributed by atoms with Crippen LogP contribution in [-0.2, 0) is 6.54 Å². The number of nitrogens with one attached hydrogen (secondary N) is 2. The van der Waals surface area contributed by atoms with E-state index in [1.165, 1.54) is 11.3 Å². The summed E-state index contributed by atoms with van der Waals surface area (Å²) in [6, 6.07) is -0.230. The molecule has 7 heteroatoms. The van der Waals surface area contributed by atoms with Crippen LogP contribution in [0.4, 0.5) is 4.79 Å². The van der Waals surface area contributed by atoms with E-state index in [1.54, 1.807) is 5.38 Å². The van der Waals surface area contributed by atoms with Crippen LogP contribution in [-0.4, -0.2) is 22.5 Å². The van der Waals surface area contributed by atoms with E-state index in [4.69, 9.17) is 5.73 Å². The number of thiazole rings is 1. The highest BCUT2D eigenvalue weighted by molar-refractivity contribution is 7.09. The Hall–Kier alpha value is -1.63. The van der Waals surface area contributed by atoms with Crippen molar-refractivity contribution in [3.8, 4) is 0 Å². The first-order chi connectivity index (χ1) is 9.53. The SMILES string of the molecule is CC1(C)C(C)(C)C1(C)NC(=O)NCc1nc(C(N)=O)cs1. The van der Waals surface area contributed by atoms with E-state index in [2.05, 4.69) is 50.2 Å². The van der Waals surface area contributed by atoms with E-state index < -0.39 is 5.91 Å². The minimum absolute atomic E-state index is 0.0393. The number of nitrogens with two attached hydrogens (primary N) is 1. The number of carbonyl (C=O) groups excluding carboxylic acids is 2. The van der Waals surface area contributed by atoms with Crippen LogP contribution in [0.3, 0.4) is 0 Å². The predicted molar refractivity (Wildman–Crippen MR) is 82.0 cm³/mol. The van der Waals surface area contributed by atoms with E-state index in [9.17, 15) is 9.59 Å². The maximum Gasteiger partial charge on any atom is 0.315 e. The zero-order valence-corrected chi connectivity index (χ0v) is 13.9. The summed E-state index contributed by atoms with van der Waals surface area (Å²) in [6.07, 6.45) is 0. The fourth-order valence-corrected chi connectivity index (χ4v) is 3.56. The average molecular weight is 310 g/mol. The van der Waals surface area contributed by atoms with Crippen LogP contribution in [0.15, 0.2) is 5.38 Å². The maximum absolute atomic E-state index is 12.1. The number of amides is 3. The molecule has 116 valence electrons. The summed E-state index contributed by atoms with van der Waals surface area (Å²) in [5.74, 6) is -0.559. The van der Waals surface area contributed by atoms with Gasteiger partial charge in [0, 0.05) is 5.38 Å². The number of urea groups is 1. The zero-order chi connectivity index (χ0) is 16.1. The van der Waals surface area contributed by atoms with Crippen molar-refractivity contribution in [2.45, 2.75) is 46.7 Å². The largest absolute Gasteiger partial charge is 0.364 e. The van der Waals surface area contributed by atoms with Gasteiger partial charge < -0.3 is 16.4 Å². The number of rotatable bonds is 4. The van der Waals surface area contributed by atoms with E-state index >= 15 is 0 Å². The fourth-order valence-electron chi connectivity index (χ4n) is 2.84. The number of hydrogen-bond donors (Lipinski definition) is 3. The standard InChI is InChI=1S/C14H22N4O2S/c1-12(2)13(3,4)14(12,5)18-11(20)16-6-9-17-8(7-21-9)10(15)19/h7H,6H2,1-5H3,(H2,15,19)(H2,16,18,20). The van der Waals surface area contributed by atoms with Crippen LogP contribution in [0.2, 0.25) is 0 Å². The maximum atomic E-state index is 12.1. The predicted octanol–water partition coefficient (Wildman–Crippen LogP) is 1.87. The summed E-state index contributed by atoms with van der Waals surface area (Å²) in [4.78, 5) is 27.1. The first-order valence-corrected chi connectivity index (χ1v) is 7.71. The molecule has 1 aromatic heterocycles. The Kier molecular flexibility index (Phi) is 3.52. The fraction of sp³-hybridized carbons (Fsp3) is 0.643. The van der Waals surface area contributed by atoms with Crippen molar-refractivity contribution >= 4 is 23.3 Å². The molecule has 3 amide bonds. The Bertz CT molecular complexity index is 578. The van der Waals surface area contributed by atoms with Crippen LogP contribution in [0.25, 0.3) is 0 Å². The molecule has 4 N–H and O–H groups in total. The minimum Gasteiger partial charge on any atom is -0.364 e. The van der Waals surface area contributed by atoms with Gasteiger partial charge in [-0.1, -0.05) is 27.7 Å². The van der Waals surface area contributed by atoms with E-state index in [0.717, 1.165) is 0 Å². The van der Waals surface area contributed by atoms with Crippen LogP contribution in [0, 0.1) is 10.8 Å². The minimum atomic E-state index is -0.559. The Morgan fingerprint density at radius 3 is 2.24 bits per heavy atom. The molecule has 0 unspecified atom stereocenters. The lowest BCUT2D eigenvalue weighted by Gasteiger charge is -2.18. The number of hydrogen-bond acceptors (Lipinski definition) is 4. The van der Waals surface area contributed by atoms with Crippen molar-refractivity contribution in [1.82, 2.24) is 15.6 Å². The van der Waals surface area contributed by atoms with Crippen molar-refractivity contribution in [2.24, 2.45) is 16.6 Å². The normalized spacial score (nSPS) is 20.6. The van der Waals surface area contributed by atoms with Crippen molar-refractivity contribution in [3.63, 3.8) is 0 Å². The van der Waals surface area contributed by atoms with Crippen LogP contribution >= 0.6 is 11.3 Å². The molecule has 1 aliphatic carbocycles. The Balaban J connectivity index is 1.90. The third-order valence-electron chi connectivity index (χ3n) is 5.57. The molecule has 0 atom stereocenters. The molecule has 0 spiro atoms. The molecule has 1 fully saturated rings. The van der Waals surface area contributed by atoms with E-state index in [1.807, 2.05) is 0 Å². The Labute approximate surface area is 128 Å². The molecule has 6 nitrogen and oxygen atoms in total.